The molecule has 2 rings (SSSR count). The van der Waals surface area contributed by atoms with Gasteiger partial charge in [0.1, 0.15) is 12.1 Å². The van der Waals surface area contributed by atoms with Crippen LogP contribution in [0.15, 0.2) is 42.0 Å². The van der Waals surface area contributed by atoms with E-state index < -0.39 is 0 Å². The van der Waals surface area contributed by atoms with Gasteiger partial charge in [0.2, 0.25) is 5.91 Å². The van der Waals surface area contributed by atoms with Crippen molar-refractivity contribution < 1.29 is 4.79 Å². The zero-order valence-corrected chi connectivity index (χ0v) is 19.1. The molecule has 154 valence electrons. The van der Waals surface area contributed by atoms with Crippen molar-refractivity contribution in [3.05, 3.63) is 42.6 Å². The first-order chi connectivity index (χ1) is 13.2. The molecule has 0 aliphatic heterocycles. The molecule has 0 saturated carbocycles. The van der Waals surface area contributed by atoms with Crippen LogP contribution < -0.4 is 10.6 Å². The number of rotatable bonds is 9. The largest absolute Gasteiger partial charge is 0.357 e. The summed E-state index contributed by atoms with van der Waals surface area (Å²) in [5.41, 5.74) is 1.05. The molecular formula is C19H30IN7O. The van der Waals surface area contributed by atoms with E-state index in [4.69, 9.17) is 0 Å². The number of amides is 1. The molecule has 1 amide bonds. The molecular weight excluding hydrogens is 469 g/mol. The van der Waals surface area contributed by atoms with Crippen LogP contribution in [-0.4, -0.2) is 57.5 Å². The maximum atomic E-state index is 12.1. The Morgan fingerprint density at radius 3 is 2.64 bits per heavy atom. The molecule has 0 atom stereocenters. The van der Waals surface area contributed by atoms with E-state index >= 15 is 0 Å². The molecule has 0 aliphatic rings. The van der Waals surface area contributed by atoms with Crippen molar-refractivity contribution in [1.29, 1.82) is 0 Å². The predicted octanol–water partition coefficient (Wildman–Crippen LogP) is 2.20. The lowest BCUT2D eigenvalue weighted by molar-refractivity contribution is -0.130. The topological polar surface area (TPSA) is 87.4 Å². The Hall–Kier alpha value is -2.17. The predicted molar refractivity (Wildman–Crippen MR) is 122 cm³/mol. The van der Waals surface area contributed by atoms with E-state index in [1.165, 1.54) is 0 Å². The van der Waals surface area contributed by atoms with E-state index in [0.717, 1.165) is 31.0 Å². The fourth-order valence-electron chi connectivity index (χ4n) is 2.63. The van der Waals surface area contributed by atoms with E-state index in [2.05, 4.69) is 25.6 Å². The Labute approximate surface area is 183 Å². The first-order valence-electron chi connectivity index (χ1n) is 9.41. The summed E-state index contributed by atoms with van der Waals surface area (Å²) in [5.74, 6) is 1.66. The molecule has 2 aromatic rings. The number of aromatic nitrogens is 3. The van der Waals surface area contributed by atoms with Crippen LogP contribution in [-0.2, 0) is 11.3 Å². The van der Waals surface area contributed by atoms with Crippen LogP contribution in [0.5, 0.6) is 0 Å². The molecule has 0 saturated heterocycles. The van der Waals surface area contributed by atoms with Gasteiger partial charge in [-0.2, -0.15) is 0 Å². The van der Waals surface area contributed by atoms with Gasteiger partial charge in [-0.25, -0.2) is 15.0 Å². The summed E-state index contributed by atoms with van der Waals surface area (Å²) in [6.07, 6.45) is 7.51. The van der Waals surface area contributed by atoms with Crippen LogP contribution in [0.3, 0.4) is 0 Å². The van der Waals surface area contributed by atoms with E-state index in [9.17, 15) is 4.79 Å². The fourth-order valence-corrected chi connectivity index (χ4v) is 2.63. The van der Waals surface area contributed by atoms with Crippen LogP contribution >= 0.6 is 24.0 Å². The number of pyridine rings is 1. The summed E-state index contributed by atoms with van der Waals surface area (Å²) >= 11 is 0. The first kappa shape index (κ1) is 23.9. The van der Waals surface area contributed by atoms with Crippen molar-refractivity contribution >= 4 is 35.8 Å². The van der Waals surface area contributed by atoms with Gasteiger partial charge in [-0.1, -0.05) is 0 Å². The summed E-state index contributed by atoms with van der Waals surface area (Å²) in [6.45, 7) is 9.31. The standard InChI is InChI=1S/C19H29N7O.HI/c1-4-21-19(23-10-8-18(27)25(5-2)6-3)24-14-16-7-9-22-17(13-16)26-12-11-20-15-26;/h7,9,11-13,15H,4-6,8,10,14H2,1-3H3,(H2,21,23,24);1H. The van der Waals surface area contributed by atoms with E-state index in [1.54, 1.807) is 18.7 Å². The lowest BCUT2D eigenvalue weighted by atomic mass is 10.2. The summed E-state index contributed by atoms with van der Waals surface area (Å²) in [6, 6.07) is 3.93. The number of hydrogen-bond donors (Lipinski definition) is 2. The maximum Gasteiger partial charge on any atom is 0.224 e. The van der Waals surface area contributed by atoms with Crippen molar-refractivity contribution in [2.75, 3.05) is 26.2 Å². The molecule has 2 heterocycles. The average Bonchev–Trinajstić information content (AvgIpc) is 3.22. The van der Waals surface area contributed by atoms with Crippen LogP contribution in [0, 0.1) is 0 Å². The quantitative estimate of drug-likeness (QED) is 0.314. The highest BCUT2D eigenvalue weighted by Crippen LogP contribution is 2.08. The number of imidazole rings is 1. The molecule has 0 unspecified atom stereocenters. The number of aliphatic imine (C=N–C) groups is 1. The highest BCUT2D eigenvalue weighted by atomic mass is 127. The van der Waals surface area contributed by atoms with Crippen molar-refractivity contribution in [1.82, 2.24) is 30.1 Å². The van der Waals surface area contributed by atoms with Crippen LogP contribution in [0.1, 0.15) is 32.8 Å². The van der Waals surface area contributed by atoms with Gasteiger partial charge >= 0.3 is 0 Å². The van der Waals surface area contributed by atoms with Crippen LogP contribution in [0.25, 0.3) is 5.82 Å². The van der Waals surface area contributed by atoms with Gasteiger partial charge in [-0.05, 0) is 38.5 Å². The molecule has 8 nitrogen and oxygen atoms in total. The summed E-state index contributed by atoms with van der Waals surface area (Å²) in [4.78, 5) is 26.9. The third-order valence-electron chi connectivity index (χ3n) is 4.09. The molecule has 0 bridgehead atoms. The number of hydrogen-bond acceptors (Lipinski definition) is 4. The van der Waals surface area contributed by atoms with Crippen molar-refractivity contribution in [2.45, 2.75) is 33.7 Å². The van der Waals surface area contributed by atoms with Gasteiger partial charge in [-0.3, -0.25) is 9.36 Å². The molecule has 0 aliphatic carbocycles. The van der Waals surface area contributed by atoms with Crippen LogP contribution in [0.2, 0.25) is 0 Å². The second-order valence-corrected chi connectivity index (χ2v) is 5.93. The van der Waals surface area contributed by atoms with Crippen molar-refractivity contribution in [3.8, 4) is 5.82 Å². The zero-order valence-electron chi connectivity index (χ0n) is 16.8. The third-order valence-corrected chi connectivity index (χ3v) is 4.09. The summed E-state index contributed by atoms with van der Waals surface area (Å²) in [5, 5.41) is 6.44. The number of nitrogens with zero attached hydrogens (tertiary/aromatic N) is 5. The molecule has 0 radical (unpaired) electrons. The van der Waals surface area contributed by atoms with Crippen molar-refractivity contribution in [3.63, 3.8) is 0 Å². The SMILES string of the molecule is CCNC(=NCc1ccnc(-n2ccnc2)c1)NCCC(=O)N(CC)CC.I. The zero-order chi connectivity index (χ0) is 19.5. The van der Waals surface area contributed by atoms with Gasteiger partial charge in [0.05, 0.1) is 6.54 Å². The van der Waals surface area contributed by atoms with Gasteiger partial charge in [0.15, 0.2) is 5.96 Å². The van der Waals surface area contributed by atoms with Gasteiger partial charge in [0.25, 0.3) is 0 Å². The highest BCUT2D eigenvalue weighted by molar-refractivity contribution is 14.0. The third kappa shape index (κ3) is 7.45. The monoisotopic (exact) mass is 499 g/mol. The van der Waals surface area contributed by atoms with E-state index in [-0.39, 0.29) is 29.9 Å². The average molecular weight is 499 g/mol. The number of carbonyl (C=O) groups is 1. The summed E-state index contributed by atoms with van der Waals surface area (Å²) < 4.78 is 1.86. The Morgan fingerprint density at radius 2 is 2.00 bits per heavy atom. The second-order valence-electron chi connectivity index (χ2n) is 5.93. The number of carbonyl (C=O) groups excluding carboxylic acids is 1. The number of nitrogens with one attached hydrogen (secondary N) is 2. The molecule has 28 heavy (non-hydrogen) atoms. The molecule has 2 N–H and O–H groups in total. The second kappa shape index (κ2) is 13.1. The Bertz CT molecular complexity index is 730. The van der Waals surface area contributed by atoms with Crippen molar-refractivity contribution in [2.24, 2.45) is 4.99 Å². The lowest BCUT2D eigenvalue weighted by Gasteiger charge is -2.19. The maximum absolute atomic E-state index is 12.1. The molecule has 2 aromatic heterocycles. The minimum absolute atomic E-state index is 0. The number of halogens is 1. The van der Waals surface area contributed by atoms with Gasteiger partial charge < -0.3 is 15.5 Å². The Balaban J connectivity index is 0.00000392. The van der Waals surface area contributed by atoms with Crippen LogP contribution in [0.4, 0.5) is 0 Å². The Kier molecular flexibility index (Phi) is 11.2. The molecule has 9 heteroatoms. The fraction of sp³-hybridized carbons (Fsp3) is 0.474. The van der Waals surface area contributed by atoms with Gasteiger partial charge in [0, 0.05) is 51.2 Å². The normalized spacial score (nSPS) is 10.9. The van der Waals surface area contributed by atoms with E-state index in [1.807, 2.05) is 48.6 Å². The first-order valence-corrected chi connectivity index (χ1v) is 9.41. The lowest BCUT2D eigenvalue weighted by Crippen LogP contribution is -2.40. The summed E-state index contributed by atoms with van der Waals surface area (Å²) in [7, 11) is 0. The molecule has 0 fully saturated rings. The van der Waals surface area contributed by atoms with E-state index in [0.29, 0.717) is 25.5 Å². The Morgan fingerprint density at radius 1 is 1.21 bits per heavy atom. The number of guanidine groups is 1. The highest BCUT2D eigenvalue weighted by Gasteiger charge is 2.09. The molecule has 0 aromatic carbocycles. The minimum atomic E-state index is 0. The minimum Gasteiger partial charge on any atom is -0.357 e. The van der Waals surface area contributed by atoms with Gasteiger partial charge in [-0.15, -0.1) is 24.0 Å². The smallest absolute Gasteiger partial charge is 0.224 e. The molecule has 0 spiro atoms.